The SMILES string of the molecule is CCN(CC)C(=O)N[C@H]1C=C2C3=CC=CC4N=CC(=C34)C[C@H]2N(C)C1. The van der Waals surface area contributed by atoms with Gasteiger partial charge in [-0.25, -0.2) is 4.79 Å². The summed E-state index contributed by atoms with van der Waals surface area (Å²) in [6.45, 7) is 6.33. The largest absolute Gasteiger partial charge is 0.330 e. The highest BCUT2D eigenvalue weighted by Gasteiger charge is 2.39. The van der Waals surface area contributed by atoms with E-state index in [9.17, 15) is 4.79 Å². The first-order valence-corrected chi connectivity index (χ1v) is 9.25. The second-order valence-corrected chi connectivity index (χ2v) is 7.14. The lowest BCUT2D eigenvalue weighted by Crippen LogP contribution is -2.53. The lowest BCUT2D eigenvalue weighted by atomic mass is 9.75. The molecule has 0 aromatic carbocycles. The molecule has 4 rings (SSSR count). The Labute approximate surface area is 149 Å². The number of rotatable bonds is 3. The molecule has 3 atom stereocenters. The Morgan fingerprint density at radius 3 is 2.96 bits per heavy atom. The molecule has 0 radical (unpaired) electrons. The minimum atomic E-state index is 0.0222. The molecule has 1 N–H and O–H groups in total. The molecule has 0 aromatic heterocycles. The van der Waals surface area contributed by atoms with Crippen molar-refractivity contribution in [3.05, 3.63) is 46.6 Å². The molecule has 2 amide bonds. The molecule has 25 heavy (non-hydrogen) atoms. The van der Waals surface area contributed by atoms with Gasteiger partial charge < -0.3 is 10.2 Å². The highest BCUT2D eigenvalue weighted by Crippen LogP contribution is 2.43. The number of nitrogens with one attached hydrogen (secondary N) is 1. The van der Waals surface area contributed by atoms with Crippen molar-refractivity contribution in [1.82, 2.24) is 15.1 Å². The fourth-order valence-electron chi connectivity index (χ4n) is 4.39. The van der Waals surface area contributed by atoms with E-state index in [1.54, 1.807) is 0 Å². The fourth-order valence-corrected chi connectivity index (χ4v) is 4.39. The number of fused-ring (bicyclic) bond motifs is 2. The van der Waals surface area contributed by atoms with Crippen LogP contribution in [0, 0.1) is 0 Å². The standard InChI is InChI=1S/C20H26N4O/c1-4-24(5-2)20(25)22-14-10-16-15-7-6-8-17-19(15)13(11-21-17)9-18(16)23(3)12-14/h6-8,10-11,14,17-18H,4-5,9,12H2,1-3H3,(H,22,25)/t14-,17?,18+/m0/s1. The topological polar surface area (TPSA) is 47.9 Å². The quantitative estimate of drug-likeness (QED) is 0.858. The summed E-state index contributed by atoms with van der Waals surface area (Å²) >= 11 is 0. The number of amides is 2. The Morgan fingerprint density at radius 2 is 2.20 bits per heavy atom. The van der Waals surface area contributed by atoms with Crippen molar-refractivity contribution in [3.63, 3.8) is 0 Å². The molecule has 2 heterocycles. The minimum absolute atomic E-state index is 0.0222. The Balaban J connectivity index is 1.63. The second-order valence-electron chi connectivity index (χ2n) is 7.14. The van der Waals surface area contributed by atoms with Crippen LogP contribution in [0.3, 0.4) is 0 Å². The summed E-state index contributed by atoms with van der Waals surface area (Å²) in [5.74, 6) is 0. The lowest BCUT2D eigenvalue weighted by Gasteiger charge is -2.42. The van der Waals surface area contributed by atoms with E-state index in [0.29, 0.717) is 6.04 Å². The summed E-state index contributed by atoms with van der Waals surface area (Å²) in [5, 5.41) is 3.19. The van der Waals surface area contributed by atoms with E-state index < -0.39 is 0 Å². The van der Waals surface area contributed by atoms with Gasteiger partial charge in [0.25, 0.3) is 0 Å². The molecule has 0 saturated carbocycles. The zero-order chi connectivity index (χ0) is 17.6. The van der Waals surface area contributed by atoms with Crippen molar-refractivity contribution in [2.75, 3.05) is 26.7 Å². The molecule has 2 aliphatic heterocycles. The third-order valence-electron chi connectivity index (χ3n) is 5.72. The van der Waals surface area contributed by atoms with Crippen LogP contribution in [0.25, 0.3) is 0 Å². The number of hydrogen-bond donors (Lipinski definition) is 1. The van der Waals surface area contributed by atoms with E-state index in [1.165, 1.54) is 22.3 Å². The third-order valence-corrected chi connectivity index (χ3v) is 5.72. The van der Waals surface area contributed by atoms with Crippen LogP contribution >= 0.6 is 0 Å². The number of likely N-dealkylation sites (N-methyl/N-ethyl adjacent to an activating group) is 1. The molecule has 4 aliphatic rings. The van der Waals surface area contributed by atoms with E-state index >= 15 is 0 Å². The Morgan fingerprint density at radius 1 is 1.40 bits per heavy atom. The minimum Gasteiger partial charge on any atom is -0.330 e. The molecule has 0 spiro atoms. The molecule has 0 bridgehead atoms. The smallest absolute Gasteiger partial charge is 0.317 e. The Bertz CT molecular complexity index is 739. The third kappa shape index (κ3) is 2.67. The van der Waals surface area contributed by atoms with Gasteiger partial charge in [-0.2, -0.15) is 0 Å². The van der Waals surface area contributed by atoms with E-state index in [2.05, 4.69) is 52.8 Å². The number of nitrogens with zero attached hydrogens (tertiary/aromatic N) is 3. The van der Waals surface area contributed by atoms with E-state index in [4.69, 9.17) is 0 Å². The molecule has 5 heteroatoms. The highest BCUT2D eigenvalue weighted by molar-refractivity contribution is 5.89. The normalized spacial score (nSPS) is 29.8. The molecule has 0 aromatic rings. The monoisotopic (exact) mass is 338 g/mol. The van der Waals surface area contributed by atoms with Gasteiger partial charge in [-0.1, -0.05) is 24.3 Å². The van der Waals surface area contributed by atoms with Crippen LogP contribution in [0.2, 0.25) is 0 Å². The Kier molecular flexibility index (Phi) is 4.12. The van der Waals surface area contributed by atoms with Crippen LogP contribution in [0.1, 0.15) is 20.3 Å². The van der Waals surface area contributed by atoms with Crippen LogP contribution in [0.15, 0.2) is 51.6 Å². The van der Waals surface area contributed by atoms with Crippen LogP contribution in [-0.2, 0) is 0 Å². The number of carbonyl (C=O) groups is 1. The molecule has 1 unspecified atom stereocenters. The van der Waals surface area contributed by atoms with Gasteiger partial charge in [-0.15, -0.1) is 0 Å². The summed E-state index contributed by atoms with van der Waals surface area (Å²) in [6, 6.07) is 0.629. The summed E-state index contributed by atoms with van der Waals surface area (Å²) in [7, 11) is 2.16. The molecular weight excluding hydrogens is 312 g/mol. The van der Waals surface area contributed by atoms with Gasteiger partial charge >= 0.3 is 6.03 Å². The van der Waals surface area contributed by atoms with Gasteiger partial charge in [0.2, 0.25) is 0 Å². The van der Waals surface area contributed by atoms with Gasteiger partial charge in [0, 0.05) is 31.9 Å². The molecule has 0 saturated heterocycles. The van der Waals surface area contributed by atoms with Crippen molar-refractivity contribution >= 4 is 12.2 Å². The molecular formula is C20H26N4O. The zero-order valence-electron chi connectivity index (χ0n) is 15.2. The van der Waals surface area contributed by atoms with E-state index in [1.807, 2.05) is 18.7 Å². The zero-order valence-corrected chi connectivity index (χ0v) is 15.2. The number of hydrogen-bond acceptors (Lipinski definition) is 3. The first kappa shape index (κ1) is 16.3. The first-order valence-electron chi connectivity index (χ1n) is 9.25. The van der Waals surface area contributed by atoms with Crippen molar-refractivity contribution in [2.24, 2.45) is 4.99 Å². The van der Waals surface area contributed by atoms with Gasteiger partial charge in [-0.05, 0) is 49.6 Å². The van der Waals surface area contributed by atoms with Gasteiger partial charge in [-0.3, -0.25) is 9.89 Å². The van der Waals surface area contributed by atoms with Crippen LogP contribution in [0.5, 0.6) is 0 Å². The molecule has 132 valence electrons. The maximum atomic E-state index is 12.4. The van der Waals surface area contributed by atoms with Crippen molar-refractivity contribution in [1.29, 1.82) is 0 Å². The van der Waals surface area contributed by atoms with E-state index in [0.717, 1.165) is 26.1 Å². The van der Waals surface area contributed by atoms with Gasteiger partial charge in [0.1, 0.15) is 0 Å². The van der Waals surface area contributed by atoms with Crippen LogP contribution in [0.4, 0.5) is 4.79 Å². The van der Waals surface area contributed by atoms with Crippen molar-refractivity contribution in [2.45, 2.75) is 38.4 Å². The second kappa shape index (κ2) is 6.30. The first-order chi connectivity index (χ1) is 12.1. The van der Waals surface area contributed by atoms with Crippen molar-refractivity contribution < 1.29 is 4.79 Å². The summed E-state index contributed by atoms with van der Waals surface area (Å²) in [5.41, 5.74) is 5.40. The van der Waals surface area contributed by atoms with Crippen molar-refractivity contribution in [3.8, 4) is 0 Å². The average Bonchev–Trinajstić information content (AvgIpc) is 3.02. The number of urea groups is 1. The fraction of sp³-hybridized carbons (Fsp3) is 0.500. The summed E-state index contributed by atoms with van der Waals surface area (Å²) in [4.78, 5) is 21.3. The average molecular weight is 338 g/mol. The maximum Gasteiger partial charge on any atom is 0.317 e. The predicted molar refractivity (Wildman–Crippen MR) is 101 cm³/mol. The highest BCUT2D eigenvalue weighted by atomic mass is 16.2. The van der Waals surface area contributed by atoms with E-state index in [-0.39, 0.29) is 18.1 Å². The predicted octanol–water partition coefficient (Wildman–Crippen LogP) is 2.30. The summed E-state index contributed by atoms with van der Waals surface area (Å²) < 4.78 is 0. The van der Waals surface area contributed by atoms with Crippen LogP contribution in [-0.4, -0.2) is 66.9 Å². The number of carbonyl (C=O) groups excluding carboxylic acids is 1. The Hall–Kier alpha value is -2.14. The number of aliphatic imine (C=N–C) groups is 1. The van der Waals surface area contributed by atoms with Crippen LogP contribution < -0.4 is 5.32 Å². The molecule has 5 nitrogen and oxygen atoms in total. The maximum absolute atomic E-state index is 12.4. The lowest BCUT2D eigenvalue weighted by molar-refractivity contribution is 0.190. The molecule has 2 aliphatic carbocycles. The summed E-state index contributed by atoms with van der Waals surface area (Å²) in [6.07, 6.45) is 11.8. The van der Waals surface area contributed by atoms with Gasteiger partial charge in [0.15, 0.2) is 0 Å². The number of allylic oxidation sites excluding steroid dienone is 2. The molecule has 0 fully saturated rings. The van der Waals surface area contributed by atoms with Gasteiger partial charge in [0.05, 0.1) is 12.1 Å².